The van der Waals surface area contributed by atoms with Crippen molar-refractivity contribution in [1.82, 2.24) is 10.3 Å². The van der Waals surface area contributed by atoms with Gasteiger partial charge >= 0.3 is 0 Å². The molecule has 0 saturated heterocycles. The third-order valence-electron chi connectivity index (χ3n) is 4.52. The third-order valence-corrected chi connectivity index (χ3v) is 5.70. The molecule has 0 bridgehead atoms. The molecule has 1 fully saturated rings. The Hall–Kier alpha value is -1.95. The summed E-state index contributed by atoms with van der Waals surface area (Å²) in [7, 11) is 0. The maximum atomic E-state index is 13.5. The maximum Gasteiger partial charge on any atom is 0.263 e. The molecule has 1 amide bonds. The van der Waals surface area contributed by atoms with E-state index in [0.717, 1.165) is 23.0 Å². The molecule has 0 radical (unpaired) electrons. The number of halogens is 1. The van der Waals surface area contributed by atoms with Crippen LogP contribution >= 0.6 is 11.3 Å². The molecular formula is C18H19FN2O2S. The van der Waals surface area contributed by atoms with Crippen molar-refractivity contribution in [2.75, 3.05) is 6.61 Å². The van der Waals surface area contributed by atoms with Gasteiger partial charge in [-0.05, 0) is 43.9 Å². The minimum atomic E-state index is -0.320. The topological polar surface area (TPSA) is 51.2 Å². The average Bonchev–Trinajstić information content (AvgIpc) is 3.29. The van der Waals surface area contributed by atoms with Gasteiger partial charge in [0.1, 0.15) is 16.4 Å². The number of hydrogen-bond donors (Lipinski definition) is 1. The lowest BCUT2D eigenvalue weighted by molar-refractivity contribution is 0.0928. The number of rotatable bonds is 4. The summed E-state index contributed by atoms with van der Waals surface area (Å²) in [5, 5.41) is 4.07. The molecule has 1 aromatic heterocycles. The fourth-order valence-corrected chi connectivity index (χ4v) is 4.14. The van der Waals surface area contributed by atoms with Crippen LogP contribution in [0.15, 0.2) is 18.2 Å². The predicted molar refractivity (Wildman–Crippen MR) is 90.0 cm³/mol. The molecule has 126 valence electrons. The van der Waals surface area contributed by atoms with E-state index < -0.39 is 0 Å². The number of carbonyl (C=O) groups excluding carboxylic acids is 1. The second kappa shape index (κ2) is 6.16. The van der Waals surface area contributed by atoms with Gasteiger partial charge in [0.05, 0.1) is 23.4 Å². The molecule has 2 aromatic rings. The quantitative estimate of drug-likeness (QED) is 0.916. The standard InChI is InChI=1S/C18H19FN2O2S/c1-10-17(24-16(20-10)8-11-2-3-11)18(22)21-14-6-7-23-15-5-4-12(19)9-13(14)15/h4-5,9,11,14H,2-3,6-8H2,1H3,(H,21,22)/t14-/m1/s1. The molecule has 1 aliphatic carbocycles. The van der Waals surface area contributed by atoms with E-state index in [-0.39, 0.29) is 17.8 Å². The van der Waals surface area contributed by atoms with Gasteiger partial charge in [0.2, 0.25) is 0 Å². The highest BCUT2D eigenvalue weighted by Gasteiger charge is 2.27. The van der Waals surface area contributed by atoms with Gasteiger partial charge in [-0.25, -0.2) is 9.37 Å². The lowest BCUT2D eigenvalue weighted by Gasteiger charge is -2.26. The van der Waals surface area contributed by atoms with Crippen molar-refractivity contribution in [3.05, 3.63) is 45.2 Å². The largest absolute Gasteiger partial charge is 0.493 e. The summed E-state index contributed by atoms with van der Waals surface area (Å²) in [5.41, 5.74) is 1.48. The molecule has 4 rings (SSSR count). The number of amides is 1. The van der Waals surface area contributed by atoms with Crippen LogP contribution in [0.5, 0.6) is 5.75 Å². The van der Waals surface area contributed by atoms with Crippen LogP contribution in [0.2, 0.25) is 0 Å². The van der Waals surface area contributed by atoms with Crippen molar-refractivity contribution >= 4 is 17.2 Å². The number of carbonyl (C=O) groups is 1. The number of ether oxygens (including phenoxy) is 1. The van der Waals surface area contributed by atoms with Crippen LogP contribution in [0.4, 0.5) is 4.39 Å². The van der Waals surface area contributed by atoms with Gasteiger partial charge in [-0.1, -0.05) is 0 Å². The molecule has 1 aliphatic heterocycles. The summed E-state index contributed by atoms with van der Waals surface area (Å²) < 4.78 is 19.1. The molecule has 2 aliphatic rings. The SMILES string of the molecule is Cc1nc(CC2CC2)sc1C(=O)N[C@@H]1CCOc2ccc(F)cc21. The number of thiazole rings is 1. The van der Waals surface area contributed by atoms with E-state index in [1.54, 1.807) is 6.07 Å². The van der Waals surface area contributed by atoms with Crippen LogP contribution in [0.3, 0.4) is 0 Å². The minimum absolute atomic E-state index is 0.130. The van der Waals surface area contributed by atoms with E-state index in [1.807, 2.05) is 6.92 Å². The molecule has 0 spiro atoms. The van der Waals surface area contributed by atoms with E-state index >= 15 is 0 Å². The van der Waals surface area contributed by atoms with E-state index in [0.29, 0.717) is 29.2 Å². The van der Waals surface area contributed by atoms with E-state index in [4.69, 9.17) is 4.74 Å². The number of aromatic nitrogens is 1. The van der Waals surface area contributed by atoms with Crippen LogP contribution < -0.4 is 10.1 Å². The highest BCUT2D eigenvalue weighted by Crippen LogP contribution is 2.35. The monoisotopic (exact) mass is 346 g/mol. The smallest absolute Gasteiger partial charge is 0.263 e. The number of nitrogens with one attached hydrogen (secondary N) is 1. The molecule has 1 aromatic carbocycles. The molecule has 2 heterocycles. The van der Waals surface area contributed by atoms with Crippen LogP contribution in [0.1, 0.15) is 51.2 Å². The van der Waals surface area contributed by atoms with E-state index in [2.05, 4.69) is 10.3 Å². The third kappa shape index (κ3) is 3.15. The molecule has 1 atom stereocenters. The zero-order valence-corrected chi connectivity index (χ0v) is 14.3. The zero-order valence-electron chi connectivity index (χ0n) is 13.5. The maximum absolute atomic E-state index is 13.5. The Morgan fingerprint density at radius 2 is 2.25 bits per heavy atom. The van der Waals surface area contributed by atoms with Crippen molar-refractivity contribution in [3.8, 4) is 5.75 Å². The second-order valence-corrected chi connectivity index (χ2v) is 7.60. The summed E-state index contributed by atoms with van der Waals surface area (Å²) >= 11 is 1.48. The summed E-state index contributed by atoms with van der Waals surface area (Å²) in [5.74, 6) is 0.938. The Morgan fingerprint density at radius 3 is 3.04 bits per heavy atom. The first kappa shape index (κ1) is 15.6. The summed E-state index contributed by atoms with van der Waals surface area (Å²) in [6.07, 6.45) is 4.15. The first-order valence-electron chi connectivity index (χ1n) is 8.29. The summed E-state index contributed by atoms with van der Waals surface area (Å²) in [4.78, 5) is 17.9. The highest BCUT2D eigenvalue weighted by atomic mass is 32.1. The van der Waals surface area contributed by atoms with E-state index in [1.165, 1.54) is 36.3 Å². The predicted octanol–water partition coefficient (Wildman–Crippen LogP) is 3.80. The van der Waals surface area contributed by atoms with Crippen LogP contribution in [0.25, 0.3) is 0 Å². The number of aryl methyl sites for hydroxylation is 1. The van der Waals surface area contributed by atoms with Gasteiger partial charge in [0, 0.05) is 18.4 Å². The molecule has 4 nitrogen and oxygen atoms in total. The van der Waals surface area contributed by atoms with Gasteiger partial charge in [0.25, 0.3) is 5.91 Å². The average molecular weight is 346 g/mol. The fraction of sp³-hybridized carbons (Fsp3) is 0.444. The fourth-order valence-electron chi connectivity index (χ4n) is 3.06. The van der Waals surface area contributed by atoms with Crippen LogP contribution in [-0.2, 0) is 6.42 Å². The number of nitrogens with zero attached hydrogens (tertiary/aromatic N) is 1. The lowest BCUT2D eigenvalue weighted by atomic mass is 10.0. The Kier molecular flexibility index (Phi) is 4.00. The first-order valence-corrected chi connectivity index (χ1v) is 9.11. The van der Waals surface area contributed by atoms with Crippen molar-refractivity contribution < 1.29 is 13.9 Å². The van der Waals surface area contributed by atoms with Crippen molar-refractivity contribution in [2.24, 2.45) is 5.92 Å². The Labute approximate surface area is 144 Å². The van der Waals surface area contributed by atoms with Gasteiger partial charge < -0.3 is 10.1 Å². The summed E-state index contributed by atoms with van der Waals surface area (Å²) in [6, 6.07) is 4.21. The number of benzene rings is 1. The summed E-state index contributed by atoms with van der Waals surface area (Å²) in [6.45, 7) is 2.39. The molecule has 6 heteroatoms. The number of fused-ring (bicyclic) bond motifs is 1. The molecular weight excluding hydrogens is 327 g/mol. The Bertz CT molecular complexity index is 785. The Morgan fingerprint density at radius 1 is 1.42 bits per heavy atom. The second-order valence-electron chi connectivity index (χ2n) is 6.51. The molecule has 1 saturated carbocycles. The minimum Gasteiger partial charge on any atom is -0.493 e. The van der Waals surface area contributed by atoms with E-state index in [9.17, 15) is 9.18 Å². The van der Waals surface area contributed by atoms with Gasteiger partial charge in [-0.2, -0.15) is 0 Å². The lowest BCUT2D eigenvalue weighted by Crippen LogP contribution is -2.32. The van der Waals surface area contributed by atoms with Gasteiger partial charge in [0.15, 0.2) is 0 Å². The molecule has 0 unspecified atom stereocenters. The zero-order chi connectivity index (χ0) is 16.7. The van der Waals surface area contributed by atoms with Crippen molar-refractivity contribution in [1.29, 1.82) is 0 Å². The van der Waals surface area contributed by atoms with Crippen molar-refractivity contribution in [2.45, 2.75) is 38.6 Å². The van der Waals surface area contributed by atoms with Gasteiger partial charge in [-0.15, -0.1) is 11.3 Å². The normalized spacial score (nSPS) is 19.5. The first-order chi connectivity index (χ1) is 11.6. The van der Waals surface area contributed by atoms with Gasteiger partial charge in [-0.3, -0.25) is 4.79 Å². The molecule has 24 heavy (non-hydrogen) atoms. The van der Waals surface area contributed by atoms with Crippen LogP contribution in [-0.4, -0.2) is 17.5 Å². The highest BCUT2D eigenvalue weighted by molar-refractivity contribution is 7.13. The van der Waals surface area contributed by atoms with Crippen LogP contribution in [0, 0.1) is 18.7 Å². The number of hydrogen-bond acceptors (Lipinski definition) is 4. The Balaban J connectivity index is 1.52. The molecule has 1 N–H and O–H groups in total. The van der Waals surface area contributed by atoms with Crippen molar-refractivity contribution in [3.63, 3.8) is 0 Å².